The third-order valence-corrected chi connectivity index (χ3v) is 4.35. The summed E-state index contributed by atoms with van der Waals surface area (Å²) in [5.41, 5.74) is 3.72. The molecule has 24 heavy (non-hydrogen) atoms. The van der Waals surface area contributed by atoms with Gasteiger partial charge in [0.15, 0.2) is 5.05 Å². The van der Waals surface area contributed by atoms with Gasteiger partial charge in [-0.25, -0.2) is 0 Å². The molecule has 0 amide bonds. The Bertz CT molecular complexity index is 757. The summed E-state index contributed by atoms with van der Waals surface area (Å²) in [4.78, 5) is 0. The largest absolute Gasteiger partial charge is 0.450 e. The van der Waals surface area contributed by atoms with Gasteiger partial charge in [-0.05, 0) is 41.0 Å². The summed E-state index contributed by atoms with van der Waals surface area (Å²) in [6.07, 6.45) is 0.736. The highest BCUT2D eigenvalue weighted by atomic mass is 32.1. The van der Waals surface area contributed by atoms with E-state index >= 15 is 0 Å². The van der Waals surface area contributed by atoms with Crippen LogP contribution in [0.4, 0.5) is 0 Å². The van der Waals surface area contributed by atoms with E-state index in [9.17, 15) is 0 Å². The highest BCUT2D eigenvalue weighted by molar-refractivity contribution is 7.80. The van der Waals surface area contributed by atoms with Crippen LogP contribution in [-0.2, 0) is 0 Å². The summed E-state index contributed by atoms with van der Waals surface area (Å²) in [6, 6.07) is 29.3. The summed E-state index contributed by atoms with van der Waals surface area (Å²) in [6.45, 7) is 2.00. The number of thiocarbonyl (C=S) groups is 1. The zero-order valence-electron chi connectivity index (χ0n) is 13.7. The molecule has 2 heteroatoms. The lowest BCUT2D eigenvalue weighted by atomic mass is 9.85. The summed E-state index contributed by atoms with van der Waals surface area (Å²) < 4.78 is 5.76. The van der Waals surface area contributed by atoms with E-state index < -0.39 is 0 Å². The second-order valence-corrected chi connectivity index (χ2v) is 6.11. The molecule has 0 atom stereocenters. The van der Waals surface area contributed by atoms with Gasteiger partial charge in [0, 0.05) is 12.3 Å². The van der Waals surface area contributed by atoms with E-state index in [2.05, 4.69) is 60.7 Å². The molecule has 3 rings (SSSR count). The van der Waals surface area contributed by atoms with Gasteiger partial charge in [-0.15, -0.1) is 0 Å². The van der Waals surface area contributed by atoms with E-state index in [-0.39, 0.29) is 5.92 Å². The molecule has 0 aliphatic carbocycles. The van der Waals surface area contributed by atoms with Crippen LogP contribution in [0.2, 0.25) is 0 Å². The Morgan fingerprint density at radius 1 is 0.792 bits per heavy atom. The molecular formula is C22H20OS. The van der Waals surface area contributed by atoms with Crippen molar-refractivity contribution in [2.75, 3.05) is 0 Å². The van der Waals surface area contributed by atoms with Gasteiger partial charge < -0.3 is 4.74 Å². The van der Waals surface area contributed by atoms with Crippen molar-refractivity contribution in [1.29, 1.82) is 0 Å². The molecule has 0 aromatic heterocycles. The predicted octanol–water partition coefficient (Wildman–Crippen LogP) is 5.98. The molecule has 0 unspecified atom stereocenters. The average Bonchev–Trinajstić information content (AvgIpc) is 2.64. The number of hydrogen-bond donors (Lipinski definition) is 0. The zero-order chi connectivity index (χ0) is 16.8. The maximum absolute atomic E-state index is 5.76. The normalized spacial score (nSPS) is 10.6. The van der Waals surface area contributed by atoms with Crippen LogP contribution in [-0.4, -0.2) is 5.05 Å². The molecule has 3 aromatic rings. The molecule has 1 nitrogen and oxygen atoms in total. The average molecular weight is 332 g/mol. The topological polar surface area (TPSA) is 9.23 Å². The molecule has 0 N–H and O–H groups in total. The van der Waals surface area contributed by atoms with E-state index in [4.69, 9.17) is 17.0 Å². The van der Waals surface area contributed by atoms with Crippen molar-refractivity contribution < 1.29 is 4.74 Å². The summed E-state index contributed by atoms with van der Waals surface area (Å²) >= 11 is 5.21. The molecule has 0 aliphatic heterocycles. The van der Waals surface area contributed by atoms with E-state index in [0.717, 1.165) is 12.2 Å². The van der Waals surface area contributed by atoms with Crippen LogP contribution in [0.25, 0.3) is 0 Å². The van der Waals surface area contributed by atoms with E-state index in [1.807, 2.05) is 31.2 Å². The molecule has 0 radical (unpaired) electrons. The smallest absolute Gasteiger partial charge is 0.167 e. The van der Waals surface area contributed by atoms with Crippen LogP contribution >= 0.6 is 12.2 Å². The number of hydrogen-bond acceptors (Lipinski definition) is 2. The first-order valence-corrected chi connectivity index (χ1v) is 8.59. The Kier molecular flexibility index (Phi) is 5.39. The van der Waals surface area contributed by atoms with Crippen LogP contribution in [0.15, 0.2) is 84.9 Å². The van der Waals surface area contributed by atoms with Crippen molar-refractivity contribution >= 4 is 17.3 Å². The van der Waals surface area contributed by atoms with Crippen molar-refractivity contribution in [3.8, 4) is 5.75 Å². The zero-order valence-corrected chi connectivity index (χ0v) is 14.5. The van der Waals surface area contributed by atoms with Crippen LogP contribution in [0.3, 0.4) is 0 Å². The van der Waals surface area contributed by atoms with Crippen molar-refractivity contribution in [3.05, 3.63) is 102 Å². The van der Waals surface area contributed by atoms with Gasteiger partial charge in [-0.2, -0.15) is 0 Å². The van der Waals surface area contributed by atoms with Gasteiger partial charge in [0.05, 0.1) is 0 Å². The molecule has 0 saturated carbocycles. The highest BCUT2D eigenvalue weighted by Crippen LogP contribution is 2.33. The third-order valence-electron chi connectivity index (χ3n) is 3.98. The molecule has 0 aliphatic rings. The second-order valence-electron chi connectivity index (χ2n) is 5.65. The first kappa shape index (κ1) is 16.4. The van der Waals surface area contributed by atoms with Gasteiger partial charge in [-0.1, -0.05) is 79.7 Å². The van der Waals surface area contributed by atoms with Gasteiger partial charge in [0.2, 0.25) is 0 Å². The lowest BCUT2D eigenvalue weighted by molar-refractivity contribution is 0.550. The second kappa shape index (κ2) is 7.89. The maximum Gasteiger partial charge on any atom is 0.167 e. The van der Waals surface area contributed by atoms with Gasteiger partial charge >= 0.3 is 0 Å². The summed E-state index contributed by atoms with van der Waals surface area (Å²) in [5.74, 6) is 0.974. The van der Waals surface area contributed by atoms with Crippen molar-refractivity contribution in [3.63, 3.8) is 0 Å². The minimum Gasteiger partial charge on any atom is -0.450 e. The predicted molar refractivity (Wildman–Crippen MR) is 104 cm³/mol. The van der Waals surface area contributed by atoms with E-state index in [1.165, 1.54) is 16.7 Å². The standard InChI is InChI=1S/C22H20OS/c1-2-21(24)23-20-15-9-14-19(16-20)22(17-10-5-3-6-11-17)18-12-7-4-8-13-18/h3-16,22H,2H2,1H3. The first-order chi connectivity index (χ1) is 11.8. The SMILES string of the molecule is CCC(=S)Oc1cccc(C(c2ccccc2)c2ccccc2)c1. The van der Waals surface area contributed by atoms with Crippen molar-refractivity contribution in [2.24, 2.45) is 0 Å². The Morgan fingerprint density at radius 3 is 1.88 bits per heavy atom. The summed E-state index contributed by atoms with van der Waals surface area (Å²) in [5, 5.41) is 0.614. The fourth-order valence-electron chi connectivity index (χ4n) is 2.83. The molecule has 0 heterocycles. The first-order valence-electron chi connectivity index (χ1n) is 8.18. The Balaban J connectivity index is 2.03. The minimum absolute atomic E-state index is 0.172. The Morgan fingerprint density at radius 2 is 1.33 bits per heavy atom. The molecule has 3 aromatic carbocycles. The van der Waals surface area contributed by atoms with Crippen LogP contribution in [0.1, 0.15) is 36.0 Å². The van der Waals surface area contributed by atoms with Gasteiger partial charge in [-0.3, -0.25) is 0 Å². The fraction of sp³-hybridized carbons (Fsp3) is 0.136. The molecule has 0 bridgehead atoms. The maximum atomic E-state index is 5.76. The van der Waals surface area contributed by atoms with Gasteiger partial charge in [0.25, 0.3) is 0 Å². The van der Waals surface area contributed by atoms with Crippen LogP contribution in [0.5, 0.6) is 5.75 Å². The fourth-order valence-corrected chi connectivity index (χ4v) is 2.93. The highest BCUT2D eigenvalue weighted by Gasteiger charge is 2.17. The lowest BCUT2D eigenvalue weighted by Gasteiger charge is -2.19. The molecule has 120 valence electrons. The number of benzene rings is 3. The van der Waals surface area contributed by atoms with E-state index in [0.29, 0.717) is 5.05 Å². The third kappa shape index (κ3) is 3.90. The summed E-state index contributed by atoms with van der Waals surface area (Å²) in [7, 11) is 0. The molecule has 0 spiro atoms. The molecule has 0 fully saturated rings. The van der Waals surface area contributed by atoms with Crippen molar-refractivity contribution in [1.82, 2.24) is 0 Å². The molecule has 0 saturated heterocycles. The minimum atomic E-state index is 0.172. The lowest BCUT2D eigenvalue weighted by Crippen LogP contribution is -2.06. The number of ether oxygens (including phenoxy) is 1. The van der Waals surface area contributed by atoms with Gasteiger partial charge in [0.1, 0.15) is 5.75 Å². The quantitative estimate of drug-likeness (QED) is 0.420. The Labute approximate surface area is 148 Å². The van der Waals surface area contributed by atoms with Crippen LogP contribution in [0, 0.1) is 0 Å². The molecular weight excluding hydrogens is 312 g/mol. The number of rotatable bonds is 5. The monoisotopic (exact) mass is 332 g/mol. The van der Waals surface area contributed by atoms with Crippen LogP contribution < -0.4 is 4.74 Å². The van der Waals surface area contributed by atoms with Crippen molar-refractivity contribution in [2.45, 2.75) is 19.3 Å². The van der Waals surface area contributed by atoms with E-state index in [1.54, 1.807) is 0 Å². The Hall–Kier alpha value is -2.45.